The summed E-state index contributed by atoms with van der Waals surface area (Å²) in [6, 6.07) is -0.563. The summed E-state index contributed by atoms with van der Waals surface area (Å²) in [6.07, 6.45) is 5.88. The van der Waals surface area contributed by atoms with Crippen LogP contribution in [0.3, 0.4) is 0 Å². The van der Waals surface area contributed by atoms with Crippen molar-refractivity contribution in [1.82, 2.24) is 10.2 Å². The number of hydrogen-bond acceptors (Lipinski definition) is 3. The molecule has 3 atom stereocenters. The number of nitrogens with one attached hydrogen (secondary N) is 1. The molecule has 1 heterocycles. The molecule has 1 saturated heterocycles. The summed E-state index contributed by atoms with van der Waals surface area (Å²) >= 11 is 0. The number of nitrogens with zero attached hydrogens (tertiary/aromatic N) is 1. The Hall–Kier alpha value is -1.39. The lowest BCUT2D eigenvalue weighted by Gasteiger charge is -2.44. The predicted molar refractivity (Wildman–Crippen MR) is 77.3 cm³/mol. The molecule has 3 aliphatic rings. The van der Waals surface area contributed by atoms with Crippen LogP contribution in [-0.4, -0.2) is 28.8 Å². The molecule has 2 aliphatic carbocycles. The summed E-state index contributed by atoms with van der Waals surface area (Å²) in [4.78, 5) is 39.0. The minimum atomic E-state index is -0.974. The molecule has 3 unspecified atom stereocenters. The van der Waals surface area contributed by atoms with Crippen LogP contribution in [0.15, 0.2) is 0 Å². The first-order chi connectivity index (χ1) is 9.97. The first kappa shape index (κ1) is 14.5. The highest BCUT2D eigenvalue weighted by atomic mass is 16.2. The number of carbonyl (C=O) groups excluding carboxylic acids is 3. The Kier molecular flexibility index (Phi) is 3.54. The molecule has 0 aromatic heterocycles. The molecule has 5 nitrogen and oxygen atoms in total. The fourth-order valence-electron chi connectivity index (χ4n) is 4.30. The van der Waals surface area contributed by atoms with Gasteiger partial charge in [0, 0.05) is 6.04 Å². The fraction of sp³-hybridized carbons (Fsp3) is 0.812. The molecule has 4 amide bonds. The summed E-state index contributed by atoms with van der Waals surface area (Å²) in [5, 5.41) is 2.46. The van der Waals surface area contributed by atoms with Crippen molar-refractivity contribution in [2.24, 2.45) is 17.3 Å². The summed E-state index contributed by atoms with van der Waals surface area (Å²) in [6.45, 7) is 4.27. The van der Waals surface area contributed by atoms with Gasteiger partial charge in [-0.15, -0.1) is 0 Å². The van der Waals surface area contributed by atoms with Crippen LogP contribution in [0.4, 0.5) is 4.79 Å². The predicted octanol–water partition coefficient (Wildman–Crippen LogP) is 2.45. The molecule has 2 saturated carbocycles. The average molecular weight is 292 g/mol. The Morgan fingerprint density at radius 2 is 1.71 bits per heavy atom. The van der Waals surface area contributed by atoms with E-state index in [1.807, 2.05) is 0 Å². The number of barbiturate groups is 1. The van der Waals surface area contributed by atoms with Crippen LogP contribution in [0.1, 0.15) is 58.8 Å². The molecule has 0 radical (unpaired) electrons. The normalized spacial score (nSPS) is 36.2. The lowest BCUT2D eigenvalue weighted by atomic mass is 9.71. The Bertz CT molecular complexity index is 482. The van der Waals surface area contributed by atoms with E-state index in [1.54, 1.807) is 0 Å². The van der Waals surface area contributed by atoms with E-state index in [4.69, 9.17) is 0 Å². The second-order valence-electron chi connectivity index (χ2n) is 7.06. The number of hydrogen-bond donors (Lipinski definition) is 1. The molecule has 0 aromatic carbocycles. The smallest absolute Gasteiger partial charge is 0.277 e. The van der Waals surface area contributed by atoms with Crippen molar-refractivity contribution >= 4 is 17.8 Å². The monoisotopic (exact) mass is 292 g/mol. The molecule has 1 aliphatic heterocycles. The second kappa shape index (κ2) is 5.11. The third kappa shape index (κ3) is 2.09. The molecule has 3 fully saturated rings. The van der Waals surface area contributed by atoms with Crippen LogP contribution in [0, 0.1) is 17.3 Å². The first-order valence-corrected chi connectivity index (χ1v) is 8.16. The van der Waals surface area contributed by atoms with Crippen molar-refractivity contribution in [3.8, 4) is 0 Å². The first-order valence-electron chi connectivity index (χ1n) is 8.16. The Labute approximate surface area is 125 Å². The van der Waals surface area contributed by atoms with Crippen LogP contribution >= 0.6 is 0 Å². The maximum Gasteiger partial charge on any atom is 0.331 e. The van der Waals surface area contributed by atoms with Crippen molar-refractivity contribution in [2.75, 3.05) is 0 Å². The van der Waals surface area contributed by atoms with Gasteiger partial charge in [-0.05, 0) is 37.5 Å². The van der Waals surface area contributed by atoms with E-state index in [9.17, 15) is 14.4 Å². The van der Waals surface area contributed by atoms with Crippen molar-refractivity contribution in [1.29, 1.82) is 0 Å². The highest BCUT2D eigenvalue weighted by Crippen LogP contribution is 2.43. The van der Waals surface area contributed by atoms with E-state index in [0.29, 0.717) is 24.7 Å². The van der Waals surface area contributed by atoms with Gasteiger partial charge >= 0.3 is 6.03 Å². The number of urea groups is 1. The van der Waals surface area contributed by atoms with E-state index in [1.165, 1.54) is 4.90 Å². The Morgan fingerprint density at radius 3 is 2.29 bits per heavy atom. The van der Waals surface area contributed by atoms with Gasteiger partial charge in [-0.2, -0.15) is 0 Å². The average Bonchev–Trinajstić information content (AvgIpc) is 2.79. The summed E-state index contributed by atoms with van der Waals surface area (Å²) in [5.74, 6) is 0.207. The molecule has 0 aromatic rings. The van der Waals surface area contributed by atoms with Gasteiger partial charge in [-0.3, -0.25) is 19.8 Å². The maximum atomic E-state index is 13.0. The minimum Gasteiger partial charge on any atom is -0.277 e. The molecule has 3 rings (SSSR count). The van der Waals surface area contributed by atoms with Crippen LogP contribution in [0.25, 0.3) is 0 Å². The molecule has 0 bridgehead atoms. The van der Waals surface area contributed by atoms with Crippen LogP contribution in [0.5, 0.6) is 0 Å². The number of carbonyl (C=O) groups is 3. The van der Waals surface area contributed by atoms with Gasteiger partial charge in [-0.25, -0.2) is 4.79 Å². The topological polar surface area (TPSA) is 66.5 Å². The number of amides is 4. The van der Waals surface area contributed by atoms with Gasteiger partial charge in [0.2, 0.25) is 11.8 Å². The highest BCUT2D eigenvalue weighted by molar-refractivity contribution is 6.19. The standard InChI is InChI=1S/C16H24N2O3/c1-10-6-7-12(11(10)2)18-14(20)16(8-4-3-5-9-16)13(19)17-15(18)21/h10-12H,3-9H2,1-2H3,(H,17,19,21). The van der Waals surface area contributed by atoms with Gasteiger partial charge in [0.05, 0.1) is 0 Å². The van der Waals surface area contributed by atoms with Crippen molar-refractivity contribution in [3.05, 3.63) is 0 Å². The minimum absolute atomic E-state index is 0.0561. The fourth-order valence-corrected chi connectivity index (χ4v) is 4.30. The third-order valence-electron chi connectivity index (χ3n) is 5.96. The second-order valence-corrected chi connectivity index (χ2v) is 7.06. The van der Waals surface area contributed by atoms with E-state index >= 15 is 0 Å². The number of imide groups is 2. The number of rotatable bonds is 1. The zero-order valence-electron chi connectivity index (χ0n) is 12.9. The van der Waals surface area contributed by atoms with Gasteiger partial charge < -0.3 is 0 Å². The molecule has 5 heteroatoms. The van der Waals surface area contributed by atoms with Gasteiger partial charge in [0.15, 0.2) is 0 Å². The Balaban J connectivity index is 1.91. The van der Waals surface area contributed by atoms with E-state index in [0.717, 1.165) is 32.1 Å². The molecular formula is C16H24N2O3. The zero-order chi connectivity index (χ0) is 15.2. The van der Waals surface area contributed by atoms with Gasteiger partial charge in [0.1, 0.15) is 5.41 Å². The third-order valence-corrected chi connectivity index (χ3v) is 5.96. The van der Waals surface area contributed by atoms with Crippen molar-refractivity contribution in [3.63, 3.8) is 0 Å². The van der Waals surface area contributed by atoms with Gasteiger partial charge in [0.25, 0.3) is 0 Å². The SMILES string of the molecule is CC1CCC(N2C(=O)NC(=O)C3(CCCCC3)C2=O)C1C. The van der Waals surface area contributed by atoms with Crippen LogP contribution in [0.2, 0.25) is 0 Å². The summed E-state index contributed by atoms with van der Waals surface area (Å²) in [7, 11) is 0. The van der Waals surface area contributed by atoms with E-state index < -0.39 is 11.4 Å². The quantitative estimate of drug-likeness (QED) is 0.755. The molecule has 1 N–H and O–H groups in total. The molecular weight excluding hydrogens is 268 g/mol. The Morgan fingerprint density at radius 1 is 1.05 bits per heavy atom. The molecule has 116 valence electrons. The lowest BCUT2D eigenvalue weighted by Crippen LogP contribution is -2.66. The van der Waals surface area contributed by atoms with Crippen LogP contribution in [-0.2, 0) is 9.59 Å². The van der Waals surface area contributed by atoms with Gasteiger partial charge in [-0.1, -0.05) is 33.1 Å². The van der Waals surface area contributed by atoms with E-state index in [2.05, 4.69) is 19.2 Å². The summed E-state index contributed by atoms with van der Waals surface area (Å²) < 4.78 is 0. The lowest BCUT2D eigenvalue weighted by molar-refractivity contribution is -0.156. The van der Waals surface area contributed by atoms with Crippen molar-refractivity contribution < 1.29 is 14.4 Å². The van der Waals surface area contributed by atoms with Crippen LogP contribution < -0.4 is 5.32 Å². The van der Waals surface area contributed by atoms with E-state index in [-0.39, 0.29) is 17.9 Å². The van der Waals surface area contributed by atoms with Crippen molar-refractivity contribution in [2.45, 2.75) is 64.8 Å². The highest BCUT2D eigenvalue weighted by Gasteiger charge is 2.56. The largest absolute Gasteiger partial charge is 0.331 e. The zero-order valence-corrected chi connectivity index (χ0v) is 12.9. The summed E-state index contributed by atoms with van der Waals surface area (Å²) in [5.41, 5.74) is -0.974. The maximum absolute atomic E-state index is 13.0. The molecule has 1 spiro atoms. The molecule has 21 heavy (non-hydrogen) atoms.